The molecule has 3 heterocycles. The van der Waals surface area contributed by atoms with Crippen molar-refractivity contribution in [3.8, 4) is 11.5 Å². The van der Waals surface area contributed by atoms with Crippen LogP contribution in [0, 0.1) is 6.92 Å². The van der Waals surface area contributed by atoms with Gasteiger partial charge >= 0.3 is 0 Å². The molecule has 1 saturated carbocycles. The third-order valence-electron chi connectivity index (χ3n) is 4.54. The number of aryl methyl sites for hydroxylation is 1. The van der Waals surface area contributed by atoms with Crippen LogP contribution < -0.4 is 4.90 Å². The highest BCUT2D eigenvalue weighted by atomic mass is 16.5. The maximum Gasteiger partial charge on any atom is 0.259 e. The summed E-state index contributed by atoms with van der Waals surface area (Å²) in [5.74, 6) is 2.20. The summed E-state index contributed by atoms with van der Waals surface area (Å²) < 4.78 is 5.18. The minimum atomic E-state index is 0.498. The van der Waals surface area contributed by atoms with Gasteiger partial charge in [-0.25, -0.2) is 4.98 Å². The van der Waals surface area contributed by atoms with E-state index >= 15 is 0 Å². The van der Waals surface area contributed by atoms with E-state index in [2.05, 4.69) is 37.9 Å². The molecule has 4 rings (SSSR count). The summed E-state index contributed by atoms with van der Waals surface area (Å²) in [6.07, 6.45) is 4.58. The lowest BCUT2D eigenvalue weighted by Crippen LogP contribution is -2.52. The van der Waals surface area contributed by atoms with Crippen molar-refractivity contribution in [1.82, 2.24) is 20.0 Å². The number of rotatable bonds is 3. The van der Waals surface area contributed by atoms with Crippen molar-refractivity contribution < 1.29 is 4.52 Å². The summed E-state index contributed by atoms with van der Waals surface area (Å²) in [5, 5.41) is 3.82. The minimum absolute atomic E-state index is 0.498. The van der Waals surface area contributed by atoms with Crippen molar-refractivity contribution in [3.05, 3.63) is 24.2 Å². The van der Waals surface area contributed by atoms with Crippen LogP contribution in [0.3, 0.4) is 0 Å². The van der Waals surface area contributed by atoms with E-state index in [0.29, 0.717) is 17.8 Å². The monoisotopic (exact) mass is 299 g/mol. The van der Waals surface area contributed by atoms with Gasteiger partial charge in [0, 0.05) is 37.9 Å². The van der Waals surface area contributed by atoms with Crippen LogP contribution in [-0.2, 0) is 0 Å². The molecule has 1 aliphatic heterocycles. The molecular formula is C16H21N5O. The Labute approximate surface area is 130 Å². The van der Waals surface area contributed by atoms with Gasteiger partial charge in [-0.05, 0) is 38.8 Å². The first kappa shape index (κ1) is 13.7. The summed E-state index contributed by atoms with van der Waals surface area (Å²) in [7, 11) is 0. The molecular weight excluding hydrogens is 278 g/mol. The first-order valence-electron chi connectivity index (χ1n) is 7.98. The summed E-state index contributed by atoms with van der Waals surface area (Å²) >= 11 is 0. The fourth-order valence-corrected chi connectivity index (χ4v) is 3.19. The summed E-state index contributed by atoms with van der Waals surface area (Å²) in [4.78, 5) is 13.9. The van der Waals surface area contributed by atoms with Gasteiger partial charge in [-0.15, -0.1) is 0 Å². The van der Waals surface area contributed by atoms with Gasteiger partial charge in [-0.1, -0.05) is 5.16 Å². The zero-order chi connectivity index (χ0) is 15.1. The highest BCUT2D eigenvalue weighted by Crippen LogP contribution is 2.30. The predicted molar refractivity (Wildman–Crippen MR) is 83.7 cm³/mol. The Balaban J connectivity index is 1.48. The summed E-state index contributed by atoms with van der Waals surface area (Å²) in [5.41, 5.74) is 0.869. The Morgan fingerprint density at radius 1 is 1.23 bits per heavy atom. The molecule has 2 aliphatic rings. The Bertz CT molecular complexity index is 649. The van der Waals surface area contributed by atoms with Crippen LogP contribution in [0.4, 0.5) is 5.82 Å². The van der Waals surface area contributed by atoms with Crippen LogP contribution in [-0.4, -0.2) is 51.7 Å². The molecule has 6 nitrogen and oxygen atoms in total. The van der Waals surface area contributed by atoms with E-state index < -0.39 is 0 Å². The molecule has 1 saturated heterocycles. The normalized spacial score (nSPS) is 23.0. The second kappa shape index (κ2) is 5.35. The number of hydrogen-bond acceptors (Lipinski definition) is 6. The molecule has 0 spiro atoms. The summed E-state index contributed by atoms with van der Waals surface area (Å²) in [6, 6.07) is 5.41. The molecule has 2 aromatic rings. The first-order chi connectivity index (χ1) is 10.7. The fourth-order valence-electron chi connectivity index (χ4n) is 3.19. The zero-order valence-electron chi connectivity index (χ0n) is 13.1. The molecule has 1 aliphatic carbocycles. The third-order valence-corrected chi connectivity index (χ3v) is 4.54. The van der Waals surface area contributed by atoms with Crippen LogP contribution in [0.2, 0.25) is 0 Å². The van der Waals surface area contributed by atoms with Crippen LogP contribution in [0.15, 0.2) is 22.9 Å². The topological polar surface area (TPSA) is 58.3 Å². The number of hydrogen-bond donors (Lipinski definition) is 0. The van der Waals surface area contributed by atoms with Gasteiger partial charge in [-0.3, -0.25) is 4.90 Å². The quantitative estimate of drug-likeness (QED) is 0.865. The highest BCUT2D eigenvalue weighted by molar-refractivity contribution is 5.55. The first-order valence-corrected chi connectivity index (χ1v) is 7.98. The molecule has 0 bridgehead atoms. The number of piperazine rings is 1. The Morgan fingerprint density at radius 3 is 2.68 bits per heavy atom. The van der Waals surface area contributed by atoms with E-state index in [0.717, 1.165) is 37.1 Å². The Morgan fingerprint density at radius 2 is 2.09 bits per heavy atom. The van der Waals surface area contributed by atoms with E-state index in [1.54, 1.807) is 0 Å². The van der Waals surface area contributed by atoms with Gasteiger partial charge in [-0.2, -0.15) is 4.98 Å². The standard InChI is InChI=1S/C16H21N5O/c1-11-10-20(14-4-5-14)7-8-21(11)15-6-3-13(9-17-15)16-18-12(2)19-22-16/h3,6,9,11,14H,4-5,7-8,10H2,1-2H3. The van der Waals surface area contributed by atoms with E-state index in [9.17, 15) is 0 Å². The Hall–Kier alpha value is -1.95. The Kier molecular flexibility index (Phi) is 3.33. The third kappa shape index (κ3) is 2.59. The van der Waals surface area contributed by atoms with E-state index in [-0.39, 0.29) is 0 Å². The van der Waals surface area contributed by atoms with Crippen LogP contribution in [0.1, 0.15) is 25.6 Å². The van der Waals surface area contributed by atoms with E-state index in [4.69, 9.17) is 4.52 Å². The molecule has 0 N–H and O–H groups in total. The van der Waals surface area contributed by atoms with Crippen LogP contribution >= 0.6 is 0 Å². The molecule has 1 unspecified atom stereocenters. The highest BCUT2D eigenvalue weighted by Gasteiger charge is 2.34. The smallest absolute Gasteiger partial charge is 0.259 e. The molecule has 22 heavy (non-hydrogen) atoms. The second-order valence-electron chi connectivity index (χ2n) is 6.32. The van der Waals surface area contributed by atoms with Crippen molar-refractivity contribution >= 4 is 5.82 Å². The molecule has 0 radical (unpaired) electrons. The van der Waals surface area contributed by atoms with Gasteiger partial charge < -0.3 is 9.42 Å². The molecule has 6 heteroatoms. The van der Waals surface area contributed by atoms with Crippen molar-refractivity contribution in [2.45, 2.75) is 38.8 Å². The molecule has 2 fully saturated rings. The maximum atomic E-state index is 5.18. The average Bonchev–Trinajstić information content (AvgIpc) is 3.29. The average molecular weight is 299 g/mol. The van der Waals surface area contributed by atoms with Crippen LogP contribution in [0.25, 0.3) is 11.5 Å². The van der Waals surface area contributed by atoms with Crippen molar-refractivity contribution in [2.24, 2.45) is 0 Å². The molecule has 0 amide bonds. The molecule has 2 aromatic heterocycles. The van der Waals surface area contributed by atoms with Gasteiger partial charge in [0.1, 0.15) is 5.82 Å². The van der Waals surface area contributed by atoms with Gasteiger partial charge in [0.2, 0.25) is 0 Å². The largest absolute Gasteiger partial charge is 0.351 e. The van der Waals surface area contributed by atoms with Crippen molar-refractivity contribution in [3.63, 3.8) is 0 Å². The molecule has 116 valence electrons. The lowest BCUT2D eigenvalue weighted by molar-refractivity contribution is 0.219. The van der Waals surface area contributed by atoms with E-state index in [1.807, 2.05) is 19.2 Å². The van der Waals surface area contributed by atoms with Gasteiger partial charge in [0.15, 0.2) is 5.82 Å². The predicted octanol–water partition coefficient (Wildman–Crippen LogP) is 2.11. The van der Waals surface area contributed by atoms with Crippen molar-refractivity contribution in [2.75, 3.05) is 24.5 Å². The lowest BCUT2D eigenvalue weighted by Gasteiger charge is -2.40. The molecule has 1 atom stereocenters. The summed E-state index contributed by atoms with van der Waals surface area (Å²) in [6.45, 7) is 7.42. The SMILES string of the molecule is Cc1noc(-c2ccc(N3CCN(C4CC4)CC3C)nc2)n1. The number of anilines is 1. The maximum absolute atomic E-state index is 5.18. The number of nitrogens with zero attached hydrogens (tertiary/aromatic N) is 5. The molecule has 0 aromatic carbocycles. The number of pyridine rings is 1. The van der Waals surface area contributed by atoms with Gasteiger partial charge in [0.25, 0.3) is 5.89 Å². The fraction of sp³-hybridized carbons (Fsp3) is 0.562. The minimum Gasteiger partial charge on any atom is -0.351 e. The number of aromatic nitrogens is 3. The van der Waals surface area contributed by atoms with Crippen molar-refractivity contribution in [1.29, 1.82) is 0 Å². The van der Waals surface area contributed by atoms with Crippen LogP contribution in [0.5, 0.6) is 0 Å². The zero-order valence-corrected chi connectivity index (χ0v) is 13.1. The van der Waals surface area contributed by atoms with Gasteiger partial charge in [0.05, 0.1) is 5.56 Å². The lowest BCUT2D eigenvalue weighted by atomic mass is 10.1. The van der Waals surface area contributed by atoms with E-state index in [1.165, 1.54) is 12.8 Å². The second-order valence-corrected chi connectivity index (χ2v) is 6.32.